The fourth-order valence-electron chi connectivity index (χ4n) is 4.48. The third kappa shape index (κ3) is 4.49. The van der Waals surface area contributed by atoms with Gasteiger partial charge in [0.05, 0.1) is 28.2 Å². The molecule has 2 aromatic carbocycles. The number of carbonyl (C=O) groups is 1. The molecule has 1 aliphatic heterocycles. The zero-order valence-corrected chi connectivity index (χ0v) is 21.1. The van der Waals surface area contributed by atoms with Gasteiger partial charge in [0.1, 0.15) is 9.84 Å². The second-order valence-corrected chi connectivity index (χ2v) is 12.2. The molecule has 0 bridgehead atoms. The minimum absolute atomic E-state index is 0.0740. The van der Waals surface area contributed by atoms with Gasteiger partial charge in [-0.15, -0.1) is 0 Å². The summed E-state index contributed by atoms with van der Waals surface area (Å²) in [7, 11) is 0.871. The van der Waals surface area contributed by atoms with Crippen LogP contribution in [0.2, 0.25) is 0 Å². The Morgan fingerprint density at radius 2 is 1.74 bits per heavy atom. The quantitative estimate of drug-likeness (QED) is 0.601. The zero-order chi connectivity index (χ0) is 24.8. The number of rotatable bonds is 5. The van der Waals surface area contributed by atoms with Crippen molar-refractivity contribution in [2.75, 3.05) is 30.5 Å². The molecule has 0 spiro atoms. The van der Waals surface area contributed by atoms with Gasteiger partial charge in [-0.3, -0.25) is 13.9 Å². The predicted octanol–water partition coefficient (Wildman–Crippen LogP) is 3.14. The maximum atomic E-state index is 13.5. The molecule has 2 heterocycles. The lowest BCUT2D eigenvalue weighted by atomic mass is 9.94. The van der Waals surface area contributed by atoms with Crippen molar-refractivity contribution in [3.8, 4) is 5.69 Å². The highest BCUT2D eigenvalue weighted by Crippen LogP contribution is 2.26. The Labute approximate surface area is 200 Å². The summed E-state index contributed by atoms with van der Waals surface area (Å²) in [6, 6.07) is 12.9. The van der Waals surface area contributed by atoms with Gasteiger partial charge in [-0.25, -0.2) is 13.2 Å². The third-order valence-corrected chi connectivity index (χ3v) is 8.25. The highest BCUT2D eigenvalue weighted by Gasteiger charge is 2.34. The number of fused-ring (bicyclic) bond motifs is 1. The summed E-state index contributed by atoms with van der Waals surface area (Å²) < 4.78 is 27.0. The number of hydrogen-bond acceptors (Lipinski definition) is 5. The normalized spacial score (nSPS) is 17.1. The minimum atomic E-state index is -3.03. The van der Waals surface area contributed by atoms with E-state index in [2.05, 4.69) is 5.32 Å². The van der Waals surface area contributed by atoms with E-state index in [9.17, 15) is 18.0 Å². The fourth-order valence-corrected chi connectivity index (χ4v) is 6.21. The Morgan fingerprint density at radius 1 is 1.06 bits per heavy atom. The third-order valence-electron chi connectivity index (χ3n) is 6.60. The van der Waals surface area contributed by atoms with Crippen LogP contribution in [-0.2, 0) is 9.84 Å². The molecule has 1 fully saturated rings. The first-order valence-corrected chi connectivity index (χ1v) is 13.3. The maximum Gasteiger partial charge on any atom is 0.333 e. The second-order valence-electron chi connectivity index (χ2n) is 9.87. The summed E-state index contributed by atoms with van der Waals surface area (Å²) in [5, 5.41) is 3.03. The van der Waals surface area contributed by atoms with Gasteiger partial charge in [0, 0.05) is 36.9 Å². The Morgan fingerprint density at radius 3 is 2.35 bits per heavy atom. The molecule has 1 N–H and O–H groups in total. The number of nitrogens with zero attached hydrogens (tertiary/aromatic N) is 3. The van der Waals surface area contributed by atoms with Crippen LogP contribution in [0.5, 0.6) is 0 Å². The zero-order valence-electron chi connectivity index (χ0n) is 20.3. The summed E-state index contributed by atoms with van der Waals surface area (Å²) in [6.45, 7) is 5.77. The van der Waals surface area contributed by atoms with Crippen LogP contribution in [0.1, 0.15) is 50.0 Å². The van der Waals surface area contributed by atoms with Crippen molar-refractivity contribution in [1.82, 2.24) is 14.5 Å². The summed E-state index contributed by atoms with van der Waals surface area (Å²) in [4.78, 5) is 28.6. The van der Waals surface area contributed by atoms with Crippen LogP contribution in [0.3, 0.4) is 0 Å². The van der Waals surface area contributed by atoms with Crippen molar-refractivity contribution < 1.29 is 13.2 Å². The molecule has 8 nitrogen and oxygen atoms in total. The van der Waals surface area contributed by atoms with Crippen molar-refractivity contribution in [1.29, 1.82) is 0 Å². The molecule has 1 aromatic heterocycles. The molecule has 0 aliphatic carbocycles. The topological polar surface area (TPSA) is 93.4 Å². The molecule has 0 saturated carbocycles. The molecule has 0 radical (unpaired) electrons. The number of imidazole rings is 1. The van der Waals surface area contributed by atoms with E-state index < -0.39 is 15.4 Å². The van der Waals surface area contributed by atoms with Crippen LogP contribution >= 0.6 is 0 Å². The molecule has 1 aliphatic rings. The smallest absolute Gasteiger partial charge is 0.333 e. The molecule has 9 heteroatoms. The lowest BCUT2D eigenvalue weighted by molar-refractivity contribution is 0.0900. The van der Waals surface area contributed by atoms with Gasteiger partial charge in [0.2, 0.25) is 0 Å². The number of anilines is 1. The molecule has 3 aromatic rings. The number of nitrogens with one attached hydrogen (secondary N) is 1. The SMILES string of the molecule is CC(C)n1c(=O)n(-c2cccc(N(C)C)c2)c2ccc(C(=O)NC3(C)CCS(=O)(=O)CC3)cc21. The lowest BCUT2D eigenvalue weighted by Gasteiger charge is -2.34. The van der Waals surface area contributed by atoms with Gasteiger partial charge >= 0.3 is 5.69 Å². The second kappa shape index (κ2) is 8.61. The Bertz CT molecular complexity index is 1400. The molecule has 0 unspecified atom stereocenters. The van der Waals surface area contributed by atoms with E-state index in [0.29, 0.717) is 23.9 Å². The number of amides is 1. The van der Waals surface area contributed by atoms with E-state index in [1.54, 1.807) is 27.3 Å². The van der Waals surface area contributed by atoms with Gasteiger partial charge in [-0.05, 0) is 70.0 Å². The Hall–Kier alpha value is -3.07. The number of carbonyl (C=O) groups excluding carboxylic acids is 1. The largest absolute Gasteiger partial charge is 0.378 e. The lowest BCUT2D eigenvalue weighted by Crippen LogP contribution is -2.50. The Kier molecular flexibility index (Phi) is 6.10. The van der Waals surface area contributed by atoms with Crippen LogP contribution in [0.25, 0.3) is 16.7 Å². The van der Waals surface area contributed by atoms with Crippen molar-refractivity contribution in [2.24, 2.45) is 0 Å². The predicted molar refractivity (Wildman–Crippen MR) is 136 cm³/mol. The van der Waals surface area contributed by atoms with E-state index in [4.69, 9.17) is 0 Å². The van der Waals surface area contributed by atoms with E-state index in [1.165, 1.54) is 0 Å². The van der Waals surface area contributed by atoms with Crippen molar-refractivity contribution in [2.45, 2.75) is 45.2 Å². The molecule has 34 heavy (non-hydrogen) atoms. The van der Waals surface area contributed by atoms with Crippen molar-refractivity contribution >= 4 is 32.5 Å². The number of hydrogen-bond donors (Lipinski definition) is 1. The molecule has 4 rings (SSSR count). The van der Waals surface area contributed by atoms with E-state index in [1.807, 2.05) is 64.0 Å². The standard InChI is InChI=1S/C25H32N4O4S/c1-17(2)28-22-15-18(23(30)26-25(3)11-13-34(32,33)14-12-25)9-10-21(22)29(24(28)31)20-8-6-7-19(16-20)27(4)5/h6-10,15-17H,11-14H2,1-5H3,(H,26,30). The molecular weight excluding hydrogens is 452 g/mol. The van der Waals surface area contributed by atoms with Gasteiger partial charge in [-0.1, -0.05) is 6.07 Å². The summed E-state index contributed by atoms with van der Waals surface area (Å²) in [6.07, 6.45) is 0.775. The fraction of sp³-hybridized carbons (Fsp3) is 0.440. The van der Waals surface area contributed by atoms with E-state index in [-0.39, 0.29) is 29.1 Å². The number of sulfone groups is 1. The molecular formula is C25H32N4O4S. The van der Waals surface area contributed by atoms with Crippen molar-refractivity contribution in [3.05, 3.63) is 58.5 Å². The van der Waals surface area contributed by atoms with Crippen LogP contribution < -0.4 is 15.9 Å². The van der Waals surface area contributed by atoms with Crippen LogP contribution in [-0.4, -0.2) is 54.6 Å². The summed E-state index contributed by atoms with van der Waals surface area (Å²) in [5.74, 6) is -0.122. The molecule has 0 atom stereocenters. The van der Waals surface area contributed by atoms with Gasteiger partial charge in [-0.2, -0.15) is 0 Å². The number of benzene rings is 2. The maximum absolute atomic E-state index is 13.5. The van der Waals surface area contributed by atoms with Gasteiger partial charge in [0.15, 0.2) is 0 Å². The first kappa shape index (κ1) is 24.1. The van der Waals surface area contributed by atoms with Gasteiger partial charge < -0.3 is 10.2 Å². The summed E-state index contributed by atoms with van der Waals surface area (Å²) >= 11 is 0. The number of aromatic nitrogens is 2. The highest BCUT2D eigenvalue weighted by atomic mass is 32.2. The first-order chi connectivity index (χ1) is 15.9. The van der Waals surface area contributed by atoms with Crippen LogP contribution in [0, 0.1) is 0 Å². The monoisotopic (exact) mass is 484 g/mol. The molecule has 182 valence electrons. The van der Waals surface area contributed by atoms with E-state index in [0.717, 1.165) is 16.9 Å². The van der Waals surface area contributed by atoms with E-state index >= 15 is 0 Å². The van der Waals surface area contributed by atoms with Gasteiger partial charge in [0.25, 0.3) is 5.91 Å². The molecule has 1 amide bonds. The summed E-state index contributed by atoms with van der Waals surface area (Å²) in [5.41, 5.74) is 2.84. The Balaban J connectivity index is 1.76. The van der Waals surface area contributed by atoms with Crippen LogP contribution in [0.15, 0.2) is 47.3 Å². The average molecular weight is 485 g/mol. The molecule has 1 saturated heterocycles. The van der Waals surface area contributed by atoms with Crippen LogP contribution in [0.4, 0.5) is 5.69 Å². The average Bonchev–Trinajstić information content (AvgIpc) is 3.07. The first-order valence-electron chi connectivity index (χ1n) is 11.5. The minimum Gasteiger partial charge on any atom is -0.378 e. The highest BCUT2D eigenvalue weighted by molar-refractivity contribution is 7.91. The van der Waals surface area contributed by atoms with Crippen molar-refractivity contribution in [3.63, 3.8) is 0 Å².